The maximum atomic E-state index is 9.68. The molecule has 1 nitrogen and oxygen atoms in total. The average molecular weight is 333 g/mol. The van der Waals surface area contributed by atoms with Crippen molar-refractivity contribution in [3.8, 4) is 0 Å². The van der Waals surface area contributed by atoms with E-state index >= 15 is 0 Å². The second kappa shape index (κ2) is 7.05. The van der Waals surface area contributed by atoms with Crippen LogP contribution in [-0.2, 0) is 12.8 Å². The number of benzene rings is 2. The van der Waals surface area contributed by atoms with Gasteiger partial charge in [0.25, 0.3) is 0 Å². The third kappa shape index (κ3) is 3.94. The first kappa shape index (κ1) is 15.3. The highest BCUT2D eigenvalue weighted by Gasteiger charge is 2.13. The van der Waals surface area contributed by atoms with Gasteiger partial charge in [-0.15, -0.1) is 0 Å². The van der Waals surface area contributed by atoms with Crippen LogP contribution in [0.15, 0.2) is 46.9 Å². The van der Waals surface area contributed by atoms with E-state index in [0.717, 1.165) is 17.3 Å². The van der Waals surface area contributed by atoms with Gasteiger partial charge < -0.3 is 5.11 Å². The molecule has 0 aliphatic rings. The third-order valence-corrected chi connectivity index (χ3v) is 4.51. The van der Waals surface area contributed by atoms with Crippen molar-refractivity contribution in [2.45, 2.75) is 26.7 Å². The predicted molar refractivity (Wildman–Crippen MR) is 88.0 cm³/mol. The molecule has 106 valence electrons. The first-order valence-electron chi connectivity index (χ1n) is 7.00. The molecule has 0 aliphatic carbocycles. The second-order valence-electron chi connectivity index (χ2n) is 5.48. The molecule has 0 fully saturated rings. The van der Waals surface area contributed by atoms with Gasteiger partial charge in [-0.05, 0) is 55.4 Å². The largest absolute Gasteiger partial charge is 0.396 e. The normalized spacial score (nSPS) is 12.4. The van der Waals surface area contributed by atoms with Crippen LogP contribution in [0.25, 0.3) is 0 Å². The molecule has 20 heavy (non-hydrogen) atoms. The number of hydrogen-bond donors (Lipinski definition) is 1. The first-order valence-corrected chi connectivity index (χ1v) is 7.80. The number of aliphatic hydroxyl groups excluding tert-OH is 1. The van der Waals surface area contributed by atoms with E-state index in [1.54, 1.807) is 0 Å². The van der Waals surface area contributed by atoms with Crippen molar-refractivity contribution < 1.29 is 5.11 Å². The van der Waals surface area contributed by atoms with E-state index in [0.29, 0.717) is 0 Å². The molecule has 1 N–H and O–H groups in total. The van der Waals surface area contributed by atoms with Crippen LogP contribution in [0.2, 0.25) is 0 Å². The van der Waals surface area contributed by atoms with Crippen LogP contribution in [0.3, 0.4) is 0 Å². The number of halogens is 1. The molecule has 0 aromatic heterocycles. The lowest BCUT2D eigenvalue weighted by molar-refractivity contribution is 0.224. The molecule has 2 heteroatoms. The summed E-state index contributed by atoms with van der Waals surface area (Å²) in [6.07, 6.45) is 1.82. The van der Waals surface area contributed by atoms with Gasteiger partial charge in [0.05, 0.1) is 0 Å². The highest BCUT2D eigenvalue weighted by Crippen LogP contribution is 2.23. The maximum absolute atomic E-state index is 9.68. The van der Waals surface area contributed by atoms with Crippen LogP contribution >= 0.6 is 15.9 Å². The number of aliphatic hydroxyl groups is 1. The molecule has 0 saturated heterocycles. The van der Waals surface area contributed by atoms with Gasteiger partial charge >= 0.3 is 0 Å². The number of hydrogen-bond acceptors (Lipinski definition) is 1. The fourth-order valence-corrected chi connectivity index (χ4v) is 2.95. The molecule has 0 spiro atoms. The molecule has 0 saturated carbocycles. The first-order chi connectivity index (χ1) is 9.60. The minimum atomic E-state index is 0.217. The smallest absolute Gasteiger partial charge is 0.0465 e. The van der Waals surface area contributed by atoms with E-state index in [-0.39, 0.29) is 12.5 Å². The Hall–Kier alpha value is -1.12. The van der Waals surface area contributed by atoms with Gasteiger partial charge in [0, 0.05) is 11.1 Å². The SMILES string of the molecule is Cc1ccc(C)c(CC(CO)Cc2ccccc2Br)c1. The molecule has 1 atom stereocenters. The standard InChI is InChI=1S/C18H21BrO/c1-13-7-8-14(2)17(9-13)11-15(12-20)10-16-5-3-4-6-18(16)19/h3-9,15,20H,10-12H2,1-2H3. The summed E-state index contributed by atoms with van der Waals surface area (Å²) in [6.45, 7) is 4.47. The van der Waals surface area contributed by atoms with Gasteiger partial charge in [-0.25, -0.2) is 0 Å². The molecule has 2 rings (SSSR count). The second-order valence-corrected chi connectivity index (χ2v) is 6.33. The zero-order valence-corrected chi connectivity index (χ0v) is 13.7. The Morgan fingerprint density at radius 3 is 2.40 bits per heavy atom. The molecular weight excluding hydrogens is 312 g/mol. The molecule has 0 heterocycles. The molecule has 2 aromatic rings. The lowest BCUT2D eigenvalue weighted by Gasteiger charge is -2.17. The van der Waals surface area contributed by atoms with Crippen LogP contribution < -0.4 is 0 Å². The predicted octanol–water partition coefficient (Wildman–Crippen LogP) is 4.46. The van der Waals surface area contributed by atoms with Crippen molar-refractivity contribution >= 4 is 15.9 Å². The lowest BCUT2D eigenvalue weighted by atomic mass is 9.90. The summed E-state index contributed by atoms with van der Waals surface area (Å²) in [6, 6.07) is 14.8. The summed E-state index contributed by atoms with van der Waals surface area (Å²) in [5.41, 5.74) is 5.19. The topological polar surface area (TPSA) is 20.2 Å². The molecule has 1 unspecified atom stereocenters. The summed E-state index contributed by atoms with van der Waals surface area (Å²) < 4.78 is 1.12. The van der Waals surface area contributed by atoms with Crippen LogP contribution in [0.5, 0.6) is 0 Å². The summed E-state index contributed by atoms with van der Waals surface area (Å²) in [4.78, 5) is 0. The van der Waals surface area contributed by atoms with Gasteiger partial charge in [-0.3, -0.25) is 0 Å². The van der Waals surface area contributed by atoms with Crippen LogP contribution in [0.1, 0.15) is 22.3 Å². The molecule has 0 amide bonds. The van der Waals surface area contributed by atoms with Crippen LogP contribution in [0, 0.1) is 19.8 Å². The van der Waals surface area contributed by atoms with Crippen molar-refractivity contribution in [2.24, 2.45) is 5.92 Å². The average Bonchev–Trinajstić information content (AvgIpc) is 2.44. The van der Waals surface area contributed by atoms with Crippen LogP contribution in [-0.4, -0.2) is 11.7 Å². The van der Waals surface area contributed by atoms with E-state index in [4.69, 9.17) is 0 Å². The minimum absolute atomic E-state index is 0.217. The van der Waals surface area contributed by atoms with Crippen molar-refractivity contribution in [3.63, 3.8) is 0 Å². The number of rotatable bonds is 5. The highest BCUT2D eigenvalue weighted by molar-refractivity contribution is 9.10. The Labute approximate surface area is 129 Å². The summed E-state index contributed by atoms with van der Waals surface area (Å²) >= 11 is 3.58. The lowest BCUT2D eigenvalue weighted by Crippen LogP contribution is -2.14. The Kier molecular flexibility index (Phi) is 5.38. The van der Waals surface area contributed by atoms with Crippen molar-refractivity contribution in [2.75, 3.05) is 6.61 Å². The zero-order valence-electron chi connectivity index (χ0n) is 12.1. The van der Waals surface area contributed by atoms with Gasteiger partial charge in [-0.2, -0.15) is 0 Å². The van der Waals surface area contributed by atoms with Gasteiger partial charge in [0.2, 0.25) is 0 Å². The minimum Gasteiger partial charge on any atom is -0.396 e. The fourth-order valence-electron chi connectivity index (χ4n) is 2.51. The summed E-state index contributed by atoms with van der Waals surface area (Å²) in [7, 11) is 0. The molecule has 0 radical (unpaired) electrons. The van der Waals surface area contributed by atoms with Crippen molar-refractivity contribution in [1.29, 1.82) is 0 Å². The fraction of sp³-hybridized carbons (Fsp3) is 0.333. The van der Waals surface area contributed by atoms with Crippen LogP contribution in [0.4, 0.5) is 0 Å². The highest BCUT2D eigenvalue weighted by atomic mass is 79.9. The zero-order chi connectivity index (χ0) is 14.5. The van der Waals surface area contributed by atoms with E-state index in [1.807, 2.05) is 12.1 Å². The Balaban J connectivity index is 2.13. The molecule has 2 aromatic carbocycles. The molecule has 0 bridgehead atoms. The van der Waals surface area contributed by atoms with Crippen molar-refractivity contribution in [1.82, 2.24) is 0 Å². The van der Waals surface area contributed by atoms with Gasteiger partial charge in [0.1, 0.15) is 0 Å². The van der Waals surface area contributed by atoms with E-state index in [9.17, 15) is 5.11 Å². The summed E-state index contributed by atoms with van der Waals surface area (Å²) in [5.74, 6) is 0.259. The van der Waals surface area contributed by atoms with Gasteiger partial charge in [0.15, 0.2) is 0 Å². The third-order valence-electron chi connectivity index (χ3n) is 3.74. The Morgan fingerprint density at radius 1 is 1.00 bits per heavy atom. The number of aryl methyl sites for hydroxylation is 2. The van der Waals surface area contributed by atoms with E-state index in [1.165, 1.54) is 22.3 Å². The summed E-state index contributed by atoms with van der Waals surface area (Å²) in [5, 5.41) is 9.68. The van der Waals surface area contributed by atoms with Crippen molar-refractivity contribution in [3.05, 3.63) is 69.2 Å². The quantitative estimate of drug-likeness (QED) is 0.856. The van der Waals surface area contributed by atoms with E-state index in [2.05, 4.69) is 60.1 Å². The monoisotopic (exact) mass is 332 g/mol. The maximum Gasteiger partial charge on any atom is 0.0465 e. The van der Waals surface area contributed by atoms with E-state index < -0.39 is 0 Å². The Morgan fingerprint density at radius 2 is 1.70 bits per heavy atom. The van der Waals surface area contributed by atoms with Gasteiger partial charge in [-0.1, -0.05) is 57.9 Å². The molecular formula is C18H21BrO. The molecule has 0 aliphatic heterocycles. The Bertz CT molecular complexity index is 577.